The zero-order chi connectivity index (χ0) is 15.5. The Labute approximate surface area is 130 Å². The van der Waals surface area contributed by atoms with Crippen LogP contribution in [0.4, 0.5) is 0 Å². The summed E-state index contributed by atoms with van der Waals surface area (Å²) in [6, 6.07) is 2.00. The van der Waals surface area contributed by atoms with Crippen molar-refractivity contribution in [1.29, 1.82) is 0 Å². The lowest BCUT2D eigenvalue weighted by molar-refractivity contribution is -0.130. The number of aliphatic hydroxyl groups excluding tert-OH is 1. The van der Waals surface area contributed by atoms with Crippen molar-refractivity contribution in [3.8, 4) is 11.8 Å². The van der Waals surface area contributed by atoms with Gasteiger partial charge in [0.25, 0.3) is 0 Å². The molecule has 0 aliphatic rings. The van der Waals surface area contributed by atoms with E-state index in [4.69, 9.17) is 9.84 Å². The summed E-state index contributed by atoms with van der Waals surface area (Å²) in [5.74, 6) is 6.04. The van der Waals surface area contributed by atoms with Crippen LogP contribution in [0.1, 0.15) is 36.6 Å². The van der Waals surface area contributed by atoms with E-state index < -0.39 is 0 Å². The fraction of sp³-hybridized carbons (Fsp3) is 0.562. The predicted molar refractivity (Wildman–Crippen MR) is 85.1 cm³/mol. The second kappa shape index (κ2) is 10.4. The topological polar surface area (TPSA) is 49.8 Å². The summed E-state index contributed by atoms with van der Waals surface area (Å²) < 4.78 is 5.23. The molecule has 0 fully saturated rings. The molecule has 5 heteroatoms. The maximum Gasteiger partial charge on any atom is 0.222 e. The summed E-state index contributed by atoms with van der Waals surface area (Å²) in [4.78, 5) is 14.6. The molecule has 1 amide bonds. The van der Waals surface area contributed by atoms with Crippen molar-refractivity contribution in [1.82, 2.24) is 4.90 Å². The van der Waals surface area contributed by atoms with Gasteiger partial charge < -0.3 is 14.7 Å². The number of carbonyl (C=O) groups excluding carboxylic acids is 1. The van der Waals surface area contributed by atoms with E-state index >= 15 is 0 Å². The molecular formula is C16H23NO3S. The summed E-state index contributed by atoms with van der Waals surface area (Å²) in [5, 5.41) is 10.7. The summed E-state index contributed by atoms with van der Waals surface area (Å²) in [6.07, 6.45) is 1.77. The van der Waals surface area contributed by atoms with Crippen molar-refractivity contribution in [2.75, 3.05) is 26.9 Å². The van der Waals surface area contributed by atoms with Crippen LogP contribution < -0.4 is 0 Å². The van der Waals surface area contributed by atoms with Crippen LogP contribution in [0.2, 0.25) is 0 Å². The Morgan fingerprint density at radius 3 is 3.05 bits per heavy atom. The zero-order valence-electron chi connectivity index (χ0n) is 12.7. The molecular weight excluding hydrogens is 286 g/mol. The quantitative estimate of drug-likeness (QED) is 0.592. The van der Waals surface area contributed by atoms with Crippen LogP contribution in [0.15, 0.2) is 11.4 Å². The third-order valence-electron chi connectivity index (χ3n) is 2.83. The van der Waals surface area contributed by atoms with Gasteiger partial charge in [-0.15, -0.1) is 11.3 Å². The minimum atomic E-state index is 0.0875. The highest BCUT2D eigenvalue weighted by molar-refractivity contribution is 7.10. The Balaban J connectivity index is 2.38. The molecule has 0 saturated carbocycles. The van der Waals surface area contributed by atoms with Gasteiger partial charge in [-0.25, -0.2) is 0 Å². The van der Waals surface area contributed by atoms with Crippen molar-refractivity contribution in [3.63, 3.8) is 0 Å². The summed E-state index contributed by atoms with van der Waals surface area (Å²) in [6.45, 7) is 3.97. The second-order valence-corrected chi connectivity index (χ2v) is 5.56. The van der Waals surface area contributed by atoms with Crippen LogP contribution in [0.3, 0.4) is 0 Å². The van der Waals surface area contributed by atoms with Gasteiger partial charge in [-0.1, -0.05) is 11.8 Å². The van der Waals surface area contributed by atoms with E-state index in [9.17, 15) is 4.79 Å². The number of hydrogen-bond acceptors (Lipinski definition) is 4. The van der Waals surface area contributed by atoms with Gasteiger partial charge in [-0.05, 0) is 30.4 Å². The highest BCUT2D eigenvalue weighted by atomic mass is 32.1. The van der Waals surface area contributed by atoms with Gasteiger partial charge in [0.1, 0.15) is 0 Å². The van der Waals surface area contributed by atoms with Crippen LogP contribution in [-0.4, -0.2) is 42.8 Å². The summed E-state index contributed by atoms with van der Waals surface area (Å²) >= 11 is 1.56. The first-order valence-electron chi connectivity index (χ1n) is 7.16. The lowest BCUT2D eigenvalue weighted by atomic mass is 10.2. The molecule has 116 valence electrons. The molecule has 0 aliphatic carbocycles. The molecule has 1 N–H and O–H groups in total. The molecule has 1 heterocycles. The molecule has 4 nitrogen and oxygen atoms in total. The van der Waals surface area contributed by atoms with Crippen molar-refractivity contribution in [3.05, 3.63) is 21.9 Å². The first-order valence-corrected chi connectivity index (χ1v) is 8.04. The predicted octanol–water partition coefficient (Wildman–Crippen LogP) is 2.26. The first kappa shape index (κ1) is 17.7. The van der Waals surface area contributed by atoms with E-state index in [1.54, 1.807) is 16.2 Å². The van der Waals surface area contributed by atoms with E-state index in [0.29, 0.717) is 32.6 Å². The average Bonchev–Trinajstić information content (AvgIpc) is 2.91. The zero-order valence-corrected chi connectivity index (χ0v) is 13.5. The standard InChI is InChI=1S/C16H23NO3S/c1-3-20-10-6-8-16(19)17(2)12-14-11-15(21-13-14)7-4-5-9-18/h11,13,18H,3,5-6,8-10,12H2,1-2H3. The second-order valence-electron chi connectivity index (χ2n) is 4.64. The molecule has 21 heavy (non-hydrogen) atoms. The molecule has 0 unspecified atom stereocenters. The number of ether oxygens (including phenoxy) is 1. The van der Waals surface area contributed by atoms with Gasteiger partial charge in [0.05, 0.1) is 11.5 Å². The van der Waals surface area contributed by atoms with Crippen LogP contribution in [0.25, 0.3) is 0 Å². The average molecular weight is 309 g/mol. The molecule has 0 spiro atoms. The molecule has 0 aromatic carbocycles. The summed E-state index contributed by atoms with van der Waals surface area (Å²) in [7, 11) is 1.82. The highest BCUT2D eigenvalue weighted by Crippen LogP contribution is 2.15. The number of amides is 1. The number of thiophene rings is 1. The van der Waals surface area contributed by atoms with Gasteiger partial charge in [-0.3, -0.25) is 4.79 Å². The lowest BCUT2D eigenvalue weighted by Crippen LogP contribution is -2.25. The number of rotatable bonds is 8. The Hall–Kier alpha value is -1.35. The third kappa shape index (κ3) is 7.28. The number of hydrogen-bond donors (Lipinski definition) is 1. The van der Waals surface area contributed by atoms with E-state index in [1.807, 2.05) is 25.4 Å². The Morgan fingerprint density at radius 2 is 2.33 bits per heavy atom. The fourth-order valence-electron chi connectivity index (χ4n) is 1.75. The Kier molecular flexibility index (Phi) is 8.76. The van der Waals surface area contributed by atoms with Crippen molar-refractivity contribution < 1.29 is 14.6 Å². The van der Waals surface area contributed by atoms with Crippen molar-refractivity contribution in [2.24, 2.45) is 0 Å². The van der Waals surface area contributed by atoms with Crippen molar-refractivity contribution in [2.45, 2.75) is 32.7 Å². The Morgan fingerprint density at radius 1 is 1.52 bits per heavy atom. The largest absolute Gasteiger partial charge is 0.395 e. The Bertz CT molecular complexity index is 487. The van der Waals surface area contributed by atoms with Gasteiger partial charge in [-0.2, -0.15) is 0 Å². The van der Waals surface area contributed by atoms with Gasteiger partial charge in [0.15, 0.2) is 0 Å². The lowest BCUT2D eigenvalue weighted by Gasteiger charge is -2.16. The SMILES string of the molecule is CCOCCCC(=O)N(C)Cc1csc(C#CCCO)c1. The van der Waals surface area contributed by atoms with Crippen LogP contribution >= 0.6 is 11.3 Å². The molecule has 0 radical (unpaired) electrons. The minimum absolute atomic E-state index is 0.0875. The molecule has 0 saturated heterocycles. The van der Waals surface area contributed by atoms with Crippen LogP contribution in [0, 0.1) is 11.8 Å². The van der Waals surface area contributed by atoms with Crippen molar-refractivity contribution >= 4 is 17.2 Å². The molecule has 1 aromatic rings. The van der Waals surface area contributed by atoms with E-state index in [-0.39, 0.29) is 12.5 Å². The maximum atomic E-state index is 11.9. The maximum absolute atomic E-state index is 11.9. The number of carbonyl (C=O) groups is 1. The smallest absolute Gasteiger partial charge is 0.222 e. The van der Waals surface area contributed by atoms with Crippen LogP contribution in [0.5, 0.6) is 0 Å². The van der Waals surface area contributed by atoms with Gasteiger partial charge in [0.2, 0.25) is 5.91 Å². The molecule has 0 bridgehead atoms. The molecule has 0 atom stereocenters. The summed E-state index contributed by atoms with van der Waals surface area (Å²) in [5.41, 5.74) is 1.09. The molecule has 1 aromatic heterocycles. The van der Waals surface area contributed by atoms with Gasteiger partial charge >= 0.3 is 0 Å². The fourth-order valence-corrected chi connectivity index (χ4v) is 2.52. The van der Waals surface area contributed by atoms with E-state index in [1.165, 1.54) is 0 Å². The monoisotopic (exact) mass is 309 g/mol. The normalized spacial score (nSPS) is 10.0. The third-order valence-corrected chi connectivity index (χ3v) is 3.73. The van der Waals surface area contributed by atoms with E-state index in [2.05, 4.69) is 11.8 Å². The molecule has 1 rings (SSSR count). The number of aliphatic hydroxyl groups is 1. The van der Waals surface area contributed by atoms with E-state index in [0.717, 1.165) is 16.9 Å². The van der Waals surface area contributed by atoms with Crippen LogP contribution in [-0.2, 0) is 16.1 Å². The van der Waals surface area contributed by atoms with Gasteiger partial charge in [0, 0.05) is 39.6 Å². The molecule has 0 aliphatic heterocycles. The highest BCUT2D eigenvalue weighted by Gasteiger charge is 2.09. The first-order chi connectivity index (χ1) is 10.2. The number of nitrogens with zero attached hydrogens (tertiary/aromatic N) is 1. The minimum Gasteiger partial charge on any atom is -0.395 e.